The maximum absolute atomic E-state index is 6.02. The summed E-state index contributed by atoms with van der Waals surface area (Å²) in [7, 11) is 1.81. The third kappa shape index (κ3) is 2.80. The highest BCUT2D eigenvalue weighted by Crippen LogP contribution is 2.36. The van der Waals surface area contributed by atoms with Crippen LogP contribution in [-0.4, -0.2) is 27.6 Å². The lowest BCUT2D eigenvalue weighted by atomic mass is 9.87. The fraction of sp³-hybridized carbons (Fsp3) is 0.368. The quantitative estimate of drug-likeness (QED) is 0.691. The van der Waals surface area contributed by atoms with E-state index >= 15 is 0 Å². The Morgan fingerprint density at radius 2 is 1.88 bits per heavy atom. The molecule has 0 spiro atoms. The molecule has 0 N–H and O–H groups in total. The molecule has 1 aliphatic carbocycles. The van der Waals surface area contributed by atoms with E-state index in [0.717, 1.165) is 53.3 Å². The van der Waals surface area contributed by atoms with Crippen LogP contribution in [0.5, 0.6) is 0 Å². The smallest absolute Gasteiger partial charge is 0.117 e. The van der Waals surface area contributed by atoms with Gasteiger partial charge in [0, 0.05) is 36.0 Å². The van der Waals surface area contributed by atoms with E-state index in [1.54, 1.807) is 7.11 Å². The van der Waals surface area contributed by atoms with Crippen LogP contribution in [0, 0.1) is 0 Å². The molecule has 0 aliphatic heterocycles. The molecule has 3 aromatic rings. The van der Waals surface area contributed by atoms with E-state index in [-0.39, 0.29) is 0 Å². The Bertz CT molecular complexity index is 835. The average molecular weight is 342 g/mol. The Balaban J connectivity index is 1.76. The van der Waals surface area contributed by atoms with Crippen LogP contribution >= 0.6 is 11.6 Å². The van der Waals surface area contributed by atoms with Gasteiger partial charge < -0.3 is 4.74 Å². The average Bonchev–Trinajstić information content (AvgIpc) is 3.02. The number of halogens is 1. The Labute approximate surface area is 146 Å². The van der Waals surface area contributed by atoms with E-state index < -0.39 is 0 Å². The van der Waals surface area contributed by atoms with Gasteiger partial charge in [0.1, 0.15) is 5.82 Å². The number of aromatic nitrogens is 3. The Morgan fingerprint density at radius 1 is 1.12 bits per heavy atom. The second kappa shape index (κ2) is 6.54. The Hall–Kier alpha value is -1.91. The molecular formula is C19H20ClN3O. The summed E-state index contributed by atoms with van der Waals surface area (Å²) in [4.78, 5) is 9.30. The lowest BCUT2D eigenvalue weighted by Gasteiger charge is -2.26. The Kier molecular flexibility index (Phi) is 4.25. The van der Waals surface area contributed by atoms with Crippen LogP contribution in [0.2, 0.25) is 5.02 Å². The lowest BCUT2D eigenvalue weighted by Crippen LogP contribution is -2.20. The third-order valence-corrected chi connectivity index (χ3v) is 5.22. The van der Waals surface area contributed by atoms with Crippen LogP contribution in [0.4, 0.5) is 0 Å². The summed E-state index contributed by atoms with van der Waals surface area (Å²) in [6.45, 7) is 0. The maximum atomic E-state index is 6.02. The van der Waals surface area contributed by atoms with Crippen LogP contribution in [0.3, 0.4) is 0 Å². The van der Waals surface area contributed by atoms with E-state index in [0.29, 0.717) is 12.0 Å². The van der Waals surface area contributed by atoms with Gasteiger partial charge >= 0.3 is 0 Å². The van der Waals surface area contributed by atoms with Crippen molar-refractivity contribution >= 4 is 17.1 Å². The first-order valence-electron chi connectivity index (χ1n) is 8.37. The van der Waals surface area contributed by atoms with Crippen LogP contribution in [0.25, 0.3) is 16.8 Å². The maximum Gasteiger partial charge on any atom is 0.117 e. The summed E-state index contributed by atoms with van der Waals surface area (Å²) in [6.07, 6.45) is 10.5. The molecule has 1 fully saturated rings. The van der Waals surface area contributed by atoms with Gasteiger partial charge in [-0.1, -0.05) is 23.7 Å². The fourth-order valence-corrected chi connectivity index (χ4v) is 3.75. The van der Waals surface area contributed by atoms with E-state index in [4.69, 9.17) is 21.3 Å². The van der Waals surface area contributed by atoms with Gasteiger partial charge in [0.15, 0.2) is 0 Å². The van der Waals surface area contributed by atoms with E-state index in [2.05, 4.69) is 9.38 Å². The van der Waals surface area contributed by atoms with Gasteiger partial charge in [-0.2, -0.15) is 0 Å². The topological polar surface area (TPSA) is 39.4 Å². The molecule has 0 saturated heterocycles. The van der Waals surface area contributed by atoms with Crippen molar-refractivity contribution < 1.29 is 4.74 Å². The van der Waals surface area contributed by atoms with Gasteiger partial charge in [-0.05, 0) is 37.8 Å². The highest BCUT2D eigenvalue weighted by Gasteiger charge is 2.26. The zero-order valence-corrected chi connectivity index (χ0v) is 14.4. The molecule has 24 heavy (non-hydrogen) atoms. The molecule has 4 rings (SSSR count). The van der Waals surface area contributed by atoms with Crippen molar-refractivity contribution in [1.82, 2.24) is 14.4 Å². The van der Waals surface area contributed by atoms with E-state index in [9.17, 15) is 0 Å². The second-order valence-corrected chi connectivity index (χ2v) is 6.80. The molecule has 0 atom stereocenters. The van der Waals surface area contributed by atoms with Crippen LogP contribution in [0.1, 0.15) is 37.4 Å². The van der Waals surface area contributed by atoms with Gasteiger partial charge in [0.2, 0.25) is 0 Å². The SMILES string of the molecule is COC1CCC(c2nc(-c3ccc(Cl)cc3)c3cnccn23)CC1. The summed E-state index contributed by atoms with van der Waals surface area (Å²) >= 11 is 6.02. The molecule has 0 unspecified atom stereocenters. The summed E-state index contributed by atoms with van der Waals surface area (Å²) in [5.74, 6) is 1.60. The summed E-state index contributed by atoms with van der Waals surface area (Å²) in [5, 5.41) is 0.735. The van der Waals surface area contributed by atoms with Crippen molar-refractivity contribution in [3.63, 3.8) is 0 Å². The van der Waals surface area contributed by atoms with Crippen molar-refractivity contribution in [1.29, 1.82) is 0 Å². The zero-order valence-electron chi connectivity index (χ0n) is 13.7. The number of nitrogens with zero attached hydrogens (tertiary/aromatic N) is 3. The molecular weight excluding hydrogens is 322 g/mol. The third-order valence-electron chi connectivity index (χ3n) is 4.96. The van der Waals surface area contributed by atoms with Crippen molar-refractivity contribution in [3.05, 3.63) is 53.7 Å². The standard InChI is InChI=1S/C19H20ClN3O/c1-24-16-8-4-14(5-9-16)19-22-18(13-2-6-15(20)7-3-13)17-12-21-10-11-23(17)19/h2-3,6-7,10-12,14,16H,4-5,8-9H2,1H3. The minimum absolute atomic E-state index is 0.393. The second-order valence-electron chi connectivity index (χ2n) is 6.37. The number of fused-ring (bicyclic) bond motifs is 1. The molecule has 0 amide bonds. The van der Waals surface area contributed by atoms with Gasteiger partial charge in [-0.3, -0.25) is 9.38 Å². The lowest BCUT2D eigenvalue weighted by molar-refractivity contribution is 0.0650. The largest absolute Gasteiger partial charge is 0.381 e. The summed E-state index contributed by atoms with van der Waals surface area (Å²) < 4.78 is 7.69. The van der Waals surface area contributed by atoms with E-state index in [1.807, 2.05) is 42.9 Å². The van der Waals surface area contributed by atoms with Crippen molar-refractivity contribution in [2.75, 3.05) is 7.11 Å². The zero-order chi connectivity index (χ0) is 16.5. The molecule has 5 heteroatoms. The molecule has 4 nitrogen and oxygen atoms in total. The highest BCUT2D eigenvalue weighted by atomic mass is 35.5. The molecule has 1 aliphatic rings. The number of hydrogen-bond donors (Lipinski definition) is 0. The predicted molar refractivity (Wildman–Crippen MR) is 95.4 cm³/mol. The fourth-order valence-electron chi connectivity index (χ4n) is 3.63. The molecule has 2 heterocycles. The Morgan fingerprint density at radius 3 is 2.58 bits per heavy atom. The van der Waals surface area contributed by atoms with E-state index in [1.165, 1.54) is 0 Å². The summed E-state index contributed by atoms with van der Waals surface area (Å²) in [6, 6.07) is 7.84. The van der Waals surface area contributed by atoms with Gasteiger partial charge in [-0.15, -0.1) is 0 Å². The van der Waals surface area contributed by atoms with Crippen molar-refractivity contribution in [2.24, 2.45) is 0 Å². The minimum Gasteiger partial charge on any atom is -0.381 e. The number of hydrogen-bond acceptors (Lipinski definition) is 3. The molecule has 1 aromatic carbocycles. The number of ether oxygens (including phenoxy) is 1. The van der Waals surface area contributed by atoms with Crippen LogP contribution in [-0.2, 0) is 4.74 Å². The van der Waals surface area contributed by atoms with Crippen LogP contribution in [0.15, 0.2) is 42.9 Å². The molecule has 0 bridgehead atoms. The number of rotatable bonds is 3. The predicted octanol–water partition coefficient (Wildman–Crippen LogP) is 4.72. The molecule has 1 saturated carbocycles. The molecule has 124 valence electrons. The normalized spacial score (nSPS) is 21.2. The minimum atomic E-state index is 0.393. The number of imidazole rings is 1. The first kappa shape index (κ1) is 15.6. The van der Waals surface area contributed by atoms with Gasteiger partial charge in [0.25, 0.3) is 0 Å². The van der Waals surface area contributed by atoms with Crippen molar-refractivity contribution in [3.8, 4) is 11.3 Å². The molecule has 2 aromatic heterocycles. The van der Waals surface area contributed by atoms with Gasteiger partial charge in [-0.25, -0.2) is 4.98 Å². The number of methoxy groups -OCH3 is 1. The van der Waals surface area contributed by atoms with Crippen LogP contribution < -0.4 is 0 Å². The van der Waals surface area contributed by atoms with Gasteiger partial charge in [0.05, 0.1) is 23.5 Å². The first-order chi connectivity index (χ1) is 11.8. The number of benzene rings is 1. The summed E-state index contributed by atoms with van der Waals surface area (Å²) in [5.41, 5.74) is 3.09. The highest BCUT2D eigenvalue weighted by molar-refractivity contribution is 6.30. The first-order valence-corrected chi connectivity index (χ1v) is 8.74. The molecule has 0 radical (unpaired) electrons. The van der Waals surface area contributed by atoms with Crippen molar-refractivity contribution in [2.45, 2.75) is 37.7 Å². The monoisotopic (exact) mass is 341 g/mol.